The first-order valence-electron chi connectivity index (χ1n) is 9.72. The van der Waals surface area contributed by atoms with Gasteiger partial charge < -0.3 is 20.1 Å². The lowest BCUT2D eigenvalue weighted by molar-refractivity contribution is -0.176. The lowest BCUT2D eigenvalue weighted by Crippen LogP contribution is -2.36. The summed E-state index contributed by atoms with van der Waals surface area (Å²) in [6.07, 6.45) is -4.31. The number of benzene rings is 2. The second-order valence-electron chi connectivity index (χ2n) is 6.61. The van der Waals surface area contributed by atoms with Crippen molar-refractivity contribution in [1.29, 1.82) is 0 Å². The van der Waals surface area contributed by atoms with E-state index >= 15 is 0 Å². The molecule has 0 aliphatic heterocycles. The second kappa shape index (κ2) is 14.3. The number of nitrogens with one attached hydrogen (secondary N) is 2. The molecular weight excluding hydrogens is 522 g/mol. The molecule has 2 N–H and O–H groups in total. The third-order valence-electron chi connectivity index (χ3n) is 4.27. The first kappa shape index (κ1) is 27.2. The zero-order valence-corrected chi connectivity index (χ0v) is 20.0. The highest BCUT2D eigenvalue weighted by Crippen LogP contribution is 2.16. The lowest BCUT2D eigenvalue weighted by Gasteiger charge is -2.14. The van der Waals surface area contributed by atoms with Gasteiger partial charge in [0.1, 0.15) is 6.61 Å². The number of guanidine groups is 1. The summed E-state index contributed by atoms with van der Waals surface area (Å²) in [5.41, 5.74) is 3.94. The predicted octanol–water partition coefficient (Wildman–Crippen LogP) is 4.79. The molecule has 0 bridgehead atoms. The molecule has 0 saturated carbocycles. The normalized spacial score (nSPS) is 11.7. The molecule has 5 nitrogen and oxygen atoms in total. The molecule has 0 heterocycles. The van der Waals surface area contributed by atoms with E-state index in [9.17, 15) is 13.2 Å². The molecule has 0 aliphatic carbocycles. The number of rotatable bonds is 10. The van der Waals surface area contributed by atoms with Gasteiger partial charge in [-0.25, -0.2) is 0 Å². The van der Waals surface area contributed by atoms with Crippen molar-refractivity contribution >= 4 is 29.9 Å². The van der Waals surface area contributed by atoms with E-state index in [4.69, 9.17) is 4.74 Å². The van der Waals surface area contributed by atoms with E-state index in [1.54, 1.807) is 19.2 Å². The highest BCUT2D eigenvalue weighted by molar-refractivity contribution is 14.0. The quantitative estimate of drug-likeness (QED) is 0.254. The van der Waals surface area contributed by atoms with Crippen LogP contribution in [0.4, 0.5) is 13.2 Å². The summed E-state index contributed by atoms with van der Waals surface area (Å²) in [5, 5.41) is 6.51. The fraction of sp³-hybridized carbons (Fsp3) is 0.409. The van der Waals surface area contributed by atoms with Crippen LogP contribution in [0, 0.1) is 0 Å². The van der Waals surface area contributed by atoms with Gasteiger partial charge in [-0.1, -0.05) is 48.5 Å². The molecule has 0 atom stereocenters. The van der Waals surface area contributed by atoms with E-state index in [0.717, 1.165) is 16.7 Å². The first-order chi connectivity index (χ1) is 14.4. The fourth-order valence-corrected chi connectivity index (χ4v) is 2.71. The summed E-state index contributed by atoms with van der Waals surface area (Å²) < 4.78 is 46.6. The van der Waals surface area contributed by atoms with Crippen molar-refractivity contribution in [2.75, 3.05) is 20.3 Å². The minimum Gasteiger partial charge on any atom is -0.377 e. The molecule has 0 spiro atoms. The van der Waals surface area contributed by atoms with Crippen LogP contribution in [0.3, 0.4) is 0 Å². The zero-order chi connectivity index (χ0) is 21.8. The number of ether oxygens (including phenoxy) is 2. The van der Waals surface area contributed by atoms with Gasteiger partial charge in [0, 0.05) is 26.7 Å². The second-order valence-corrected chi connectivity index (χ2v) is 6.61. The van der Waals surface area contributed by atoms with Crippen molar-refractivity contribution in [2.45, 2.75) is 39.4 Å². The molecule has 0 unspecified atom stereocenters. The van der Waals surface area contributed by atoms with Crippen molar-refractivity contribution in [3.8, 4) is 0 Å². The van der Waals surface area contributed by atoms with E-state index in [1.807, 2.05) is 43.3 Å². The van der Waals surface area contributed by atoms with Crippen LogP contribution < -0.4 is 10.6 Å². The van der Waals surface area contributed by atoms with Crippen LogP contribution in [0.5, 0.6) is 0 Å². The van der Waals surface area contributed by atoms with Crippen LogP contribution in [-0.4, -0.2) is 32.4 Å². The lowest BCUT2D eigenvalue weighted by atomic mass is 10.1. The maximum Gasteiger partial charge on any atom is 0.411 e. The molecule has 0 amide bonds. The van der Waals surface area contributed by atoms with Gasteiger partial charge in [0.05, 0.1) is 13.2 Å². The van der Waals surface area contributed by atoms with Crippen molar-refractivity contribution in [3.05, 3.63) is 70.8 Å². The van der Waals surface area contributed by atoms with Gasteiger partial charge in [-0.2, -0.15) is 13.2 Å². The molecule has 2 aromatic carbocycles. The molecule has 0 saturated heterocycles. The average molecular weight is 551 g/mol. The Morgan fingerprint density at radius 3 is 2.10 bits per heavy atom. The van der Waals surface area contributed by atoms with Crippen LogP contribution in [0.15, 0.2) is 53.5 Å². The largest absolute Gasteiger partial charge is 0.411 e. The Hall–Kier alpha value is -1.85. The molecule has 0 aromatic heterocycles. The van der Waals surface area contributed by atoms with Crippen molar-refractivity contribution < 1.29 is 22.6 Å². The van der Waals surface area contributed by atoms with Crippen LogP contribution in [-0.2, 0) is 35.8 Å². The van der Waals surface area contributed by atoms with E-state index < -0.39 is 12.8 Å². The molecule has 0 fully saturated rings. The number of alkyl halides is 3. The fourth-order valence-electron chi connectivity index (χ4n) is 2.71. The minimum absolute atomic E-state index is 0. The maximum atomic E-state index is 12.1. The summed E-state index contributed by atoms with van der Waals surface area (Å²) >= 11 is 0. The van der Waals surface area contributed by atoms with E-state index in [-0.39, 0.29) is 30.6 Å². The maximum absolute atomic E-state index is 12.1. The monoisotopic (exact) mass is 551 g/mol. The van der Waals surface area contributed by atoms with Crippen LogP contribution in [0.1, 0.15) is 29.2 Å². The highest BCUT2D eigenvalue weighted by Gasteiger charge is 2.27. The number of hydrogen-bond acceptors (Lipinski definition) is 3. The van der Waals surface area contributed by atoms with Crippen LogP contribution >= 0.6 is 24.0 Å². The van der Waals surface area contributed by atoms with Crippen molar-refractivity contribution in [3.63, 3.8) is 0 Å². The molecular formula is C22H29F3IN3O2. The Kier molecular flexibility index (Phi) is 12.5. The third kappa shape index (κ3) is 10.8. The molecule has 31 heavy (non-hydrogen) atoms. The first-order valence-corrected chi connectivity index (χ1v) is 9.72. The number of aliphatic imine (C=N–C) groups is 1. The molecule has 0 radical (unpaired) electrons. The van der Waals surface area contributed by atoms with Crippen molar-refractivity contribution in [2.24, 2.45) is 4.99 Å². The Balaban J connectivity index is 0.00000480. The molecule has 172 valence electrons. The van der Waals surface area contributed by atoms with Crippen molar-refractivity contribution in [1.82, 2.24) is 10.6 Å². The molecule has 0 aliphatic rings. The predicted molar refractivity (Wildman–Crippen MR) is 126 cm³/mol. The van der Waals surface area contributed by atoms with Gasteiger partial charge in [0.15, 0.2) is 5.96 Å². The van der Waals surface area contributed by atoms with Gasteiger partial charge in [0.2, 0.25) is 0 Å². The van der Waals surface area contributed by atoms with Gasteiger partial charge in [-0.15, -0.1) is 24.0 Å². The minimum atomic E-state index is -4.31. The molecule has 9 heteroatoms. The molecule has 2 rings (SSSR count). The highest BCUT2D eigenvalue weighted by atomic mass is 127. The van der Waals surface area contributed by atoms with E-state index in [1.165, 1.54) is 0 Å². The van der Waals surface area contributed by atoms with E-state index in [2.05, 4.69) is 20.4 Å². The van der Waals surface area contributed by atoms with Gasteiger partial charge >= 0.3 is 6.18 Å². The standard InChI is InChI=1S/C22H28F3N3O2.HI/c1-3-29-15-20-7-5-4-6-19(20)13-28-21(26-2)27-12-17-8-10-18(11-9-17)14-30-16-22(23,24)25;/h4-11H,3,12-16H2,1-2H3,(H2,26,27,28);1H. The Morgan fingerprint density at radius 1 is 0.871 bits per heavy atom. The third-order valence-corrected chi connectivity index (χ3v) is 4.27. The summed E-state index contributed by atoms with van der Waals surface area (Å²) in [5.74, 6) is 0.652. The van der Waals surface area contributed by atoms with E-state index in [0.29, 0.717) is 37.8 Å². The van der Waals surface area contributed by atoms with Gasteiger partial charge in [-0.3, -0.25) is 4.99 Å². The number of hydrogen-bond donors (Lipinski definition) is 2. The SMILES string of the molecule is CCOCc1ccccc1CNC(=NC)NCc1ccc(COCC(F)(F)F)cc1.I. The number of halogens is 4. The summed E-state index contributed by atoms with van der Waals surface area (Å²) in [6, 6.07) is 15.3. The van der Waals surface area contributed by atoms with Crippen LogP contribution in [0.25, 0.3) is 0 Å². The Morgan fingerprint density at radius 2 is 1.48 bits per heavy atom. The Bertz CT molecular complexity index is 799. The van der Waals surface area contributed by atoms with Gasteiger partial charge in [-0.05, 0) is 29.2 Å². The smallest absolute Gasteiger partial charge is 0.377 e. The topological polar surface area (TPSA) is 54.9 Å². The zero-order valence-electron chi connectivity index (χ0n) is 17.7. The summed E-state index contributed by atoms with van der Waals surface area (Å²) in [6.45, 7) is 3.03. The molecule has 2 aromatic rings. The van der Waals surface area contributed by atoms with Crippen LogP contribution in [0.2, 0.25) is 0 Å². The summed E-state index contributed by atoms with van der Waals surface area (Å²) in [4.78, 5) is 4.23. The average Bonchev–Trinajstić information content (AvgIpc) is 2.73. The Labute approximate surface area is 198 Å². The number of nitrogens with zero attached hydrogens (tertiary/aromatic N) is 1. The summed E-state index contributed by atoms with van der Waals surface area (Å²) in [7, 11) is 1.70. The van der Waals surface area contributed by atoms with Gasteiger partial charge in [0.25, 0.3) is 0 Å².